The second-order valence-corrected chi connectivity index (χ2v) is 5.46. The number of hydrogen-bond donors (Lipinski definition) is 2. The third-order valence-electron chi connectivity index (χ3n) is 3.76. The van der Waals surface area contributed by atoms with Gasteiger partial charge in [-0.2, -0.15) is 0 Å². The number of benzene rings is 1. The minimum atomic E-state index is -0.989. The molecule has 122 valence electrons. The molecule has 0 aliphatic carbocycles. The highest BCUT2D eigenvalue weighted by Crippen LogP contribution is 2.20. The molecule has 2 N–H and O–H groups in total. The summed E-state index contributed by atoms with van der Waals surface area (Å²) in [7, 11) is 0. The van der Waals surface area contributed by atoms with Crippen molar-refractivity contribution in [1.29, 1.82) is 0 Å². The van der Waals surface area contributed by atoms with Crippen molar-refractivity contribution in [1.82, 2.24) is 10.5 Å². The summed E-state index contributed by atoms with van der Waals surface area (Å²) < 4.78 is 5.08. The van der Waals surface area contributed by atoms with Crippen molar-refractivity contribution >= 4 is 11.9 Å². The van der Waals surface area contributed by atoms with Gasteiger partial charge in [0.1, 0.15) is 0 Å². The zero-order chi connectivity index (χ0) is 16.8. The Morgan fingerprint density at radius 3 is 2.61 bits per heavy atom. The van der Waals surface area contributed by atoms with Crippen LogP contribution in [0.3, 0.4) is 0 Å². The molecular weight excluding hydrogens is 296 g/mol. The van der Waals surface area contributed by atoms with Gasteiger partial charge in [0, 0.05) is 12.0 Å². The van der Waals surface area contributed by atoms with Gasteiger partial charge < -0.3 is 14.9 Å². The molecule has 0 radical (unpaired) electrons. The molecular formula is C17H20N2O4. The number of carboxylic acid groups (broad SMARTS) is 1. The first-order chi connectivity index (χ1) is 11.0. The van der Waals surface area contributed by atoms with E-state index in [2.05, 4.69) is 10.5 Å². The number of carboxylic acids is 1. The average molecular weight is 316 g/mol. The maximum Gasteiger partial charge on any atom is 0.305 e. The quantitative estimate of drug-likeness (QED) is 0.818. The number of aliphatic carboxylic acids is 1. The molecule has 1 heterocycles. The molecule has 1 aromatic carbocycles. The summed E-state index contributed by atoms with van der Waals surface area (Å²) in [6, 6.07) is 9.96. The second-order valence-electron chi connectivity index (χ2n) is 5.46. The van der Waals surface area contributed by atoms with Crippen LogP contribution in [0.25, 0.3) is 0 Å². The van der Waals surface area contributed by atoms with E-state index in [0.29, 0.717) is 5.69 Å². The van der Waals surface area contributed by atoms with Crippen LogP contribution in [-0.2, 0) is 4.79 Å². The zero-order valence-corrected chi connectivity index (χ0v) is 13.2. The van der Waals surface area contributed by atoms with Crippen LogP contribution in [0.4, 0.5) is 0 Å². The Kier molecular flexibility index (Phi) is 5.51. The molecule has 0 saturated heterocycles. The number of hydrogen-bond acceptors (Lipinski definition) is 4. The Hall–Kier alpha value is -2.63. The number of nitrogens with one attached hydrogen (secondary N) is 1. The molecule has 0 fully saturated rings. The predicted molar refractivity (Wildman–Crippen MR) is 84.1 cm³/mol. The second kappa shape index (κ2) is 7.58. The topological polar surface area (TPSA) is 92.4 Å². The van der Waals surface area contributed by atoms with Gasteiger partial charge in [-0.05, 0) is 12.0 Å². The van der Waals surface area contributed by atoms with Crippen LogP contribution in [0.2, 0.25) is 0 Å². The summed E-state index contributed by atoms with van der Waals surface area (Å²) in [5, 5.41) is 15.6. The monoisotopic (exact) mass is 316 g/mol. The van der Waals surface area contributed by atoms with Crippen LogP contribution in [0, 0.1) is 0 Å². The summed E-state index contributed by atoms with van der Waals surface area (Å²) in [6.07, 6.45) is 0.682. The maximum atomic E-state index is 12.3. The van der Waals surface area contributed by atoms with E-state index in [1.54, 1.807) is 30.3 Å². The lowest BCUT2D eigenvalue weighted by Crippen LogP contribution is -2.29. The van der Waals surface area contributed by atoms with Crippen molar-refractivity contribution in [2.24, 2.45) is 0 Å². The van der Waals surface area contributed by atoms with E-state index < -0.39 is 17.9 Å². The fourth-order valence-corrected chi connectivity index (χ4v) is 2.18. The summed E-state index contributed by atoms with van der Waals surface area (Å²) >= 11 is 0. The molecule has 1 amide bonds. The summed E-state index contributed by atoms with van der Waals surface area (Å²) in [6.45, 7) is 4.02. The SMILES string of the molecule is CC[C@H](C)c1cc(C(=O)N[C@@H](CC(=O)O)c2ccccc2)on1. The summed E-state index contributed by atoms with van der Waals surface area (Å²) in [5.41, 5.74) is 1.44. The molecule has 2 aromatic rings. The van der Waals surface area contributed by atoms with Crippen LogP contribution in [0.1, 0.15) is 60.5 Å². The average Bonchev–Trinajstić information content (AvgIpc) is 3.04. The van der Waals surface area contributed by atoms with E-state index in [0.717, 1.165) is 12.0 Å². The Balaban J connectivity index is 2.14. The fourth-order valence-electron chi connectivity index (χ4n) is 2.18. The van der Waals surface area contributed by atoms with E-state index in [1.165, 1.54) is 0 Å². The largest absolute Gasteiger partial charge is 0.481 e. The first-order valence-corrected chi connectivity index (χ1v) is 7.55. The van der Waals surface area contributed by atoms with Crippen LogP contribution in [0.15, 0.2) is 40.9 Å². The number of nitrogens with zero attached hydrogens (tertiary/aromatic N) is 1. The number of aromatic nitrogens is 1. The number of rotatable bonds is 7. The minimum absolute atomic E-state index is 0.0895. The molecule has 0 spiro atoms. The molecule has 6 heteroatoms. The molecule has 0 saturated carbocycles. The number of carbonyl (C=O) groups excluding carboxylic acids is 1. The molecule has 0 aliphatic heterocycles. The van der Waals surface area contributed by atoms with Crippen molar-refractivity contribution in [2.75, 3.05) is 0 Å². The van der Waals surface area contributed by atoms with E-state index in [-0.39, 0.29) is 18.1 Å². The molecule has 6 nitrogen and oxygen atoms in total. The predicted octanol–water partition coefficient (Wildman–Crippen LogP) is 3.13. The van der Waals surface area contributed by atoms with Crippen molar-refractivity contribution < 1.29 is 19.2 Å². The molecule has 1 aromatic heterocycles. The Labute approximate surface area is 134 Å². The lowest BCUT2D eigenvalue weighted by molar-refractivity contribution is -0.137. The molecule has 0 unspecified atom stereocenters. The van der Waals surface area contributed by atoms with E-state index >= 15 is 0 Å². The van der Waals surface area contributed by atoms with Crippen LogP contribution < -0.4 is 5.32 Å². The Morgan fingerprint density at radius 2 is 2.00 bits per heavy atom. The van der Waals surface area contributed by atoms with Crippen molar-refractivity contribution in [3.63, 3.8) is 0 Å². The summed E-state index contributed by atoms with van der Waals surface area (Å²) in [5.74, 6) is -1.17. The van der Waals surface area contributed by atoms with Crippen molar-refractivity contribution in [2.45, 2.75) is 38.6 Å². The van der Waals surface area contributed by atoms with Gasteiger partial charge in [-0.1, -0.05) is 49.3 Å². The number of amides is 1. The van der Waals surface area contributed by atoms with Crippen LogP contribution in [0.5, 0.6) is 0 Å². The minimum Gasteiger partial charge on any atom is -0.481 e. The normalized spacial score (nSPS) is 13.3. The number of carbonyl (C=O) groups is 2. The highest BCUT2D eigenvalue weighted by Gasteiger charge is 2.22. The lowest BCUT2D eigenvalue weighted by atomic mass is 10.0. The standard InChI is InChI=1S/C17H20N2O4/c1-3-11(2)13-9-15(23-19-13)17(22)18-14(10-16(20)21)12-7-5-4-6-8-12/h4-9,11,14H,3,10H2,1-2H3,(H,18,22)(H,20,21)/t11-,14-/m0/s1. The van der Waals surface area contributed by atoms with Gasteiger partial charge in [0.15, 0.2) is 0 Å². The first-order valence-electron chi connectivity index (χ1n) is 7.55. The smallest absolute Gasteiger partial charge is 0.305 e. The molecule has 23 heavy (non-hydrogen) atoms. The van der Waals surface area contributed by atoms with Gasteiger partial charge >= 0.3 is 5.97 Å². The fraction of sp³-hybridized carbons (Fsp3) is 0.353. The van der Waals surface area contributed by atoms with Gasteiger partial charge in [0.25, 0.3) is 5.91 Å². The highest BCUT2D eigenvalue weighted by atomic mass is 16.5. The third kappa shape index (κ3) is 4.42. The molecule has 2 rings (SSSR count). The lowest BCUT2D eigenvalue weighted by Gasteiger charge is -2.16. The van der Waals surface area contributed by atoms with E-state index in [1.807, 2.05) is 19.9 Å². The van der Waals surface area contributed by atoms with Gasteiger partial charge in [-0.3, -0.25) is 9.59 Å². The van der Waals surface area contributed by atoms with E-state index in [9.17, 15) is 9.59 Å². The van der Waals surface area contributed by atoms with Gasteiger partial charge in [0.2, 0.25) is 5.76 Å². The highest BCUT2D eigenvalue weighted by molar-refractivity contribution is 5.92. The maximum absolute atomic E-state index is 12.3. The van der Waals surface area contributed by atoms with Crippen molar-refractivity contribution in [3.05, 3.63) is 53.4 Å². The third-order valence-corrected chi connectivity index (χ3v) is 3.76. The van der Waals surface area contributed by atoms with Crippen LogP contribution >= 0.6 is 0 Å². The zero-order valence-electron chi connectivity index (χ0n) is 13.2. The Morgan fingerprint density at radius 1 is 1.30 bits per heavy atom. The van der Waals surface area contributed by atoms with Gasteiger partial charge in [0.05, 0.1) is 18.2 Å². The molecule has 2 atom stereocenters. The Bertz CT molecular complexity index is 666. The molecule has 0 aliphatic rings. The van der Waals surface area contributed by atoms with Gasteiger partial charge in [-0.15, -0.1) is 0 Å². The van der Waals surface area contributed by atoms with Gasteiger partial charge in [-0.25, -0.2) is 0 Å². The molecule has 0 bridgehead atoms. The van der Waals surface area contributed by atoms with Crippen molar-refractivity contribution in [3.8, 4) is 0 Å². The van der Waals surface area contributed by atoms with E-state index in [4.69, 9.17) is 9.63 Å². The van der Waals surface area contributed by atoms with Crippen LogP contribution in [-0.4, -0.2) is 22.1 Å². The summed E-state index contributed by atoms with van der Waals surface area (Å²) in [4.78, 5) is 23.3. The first kappa shape index (κ1) is 16.7.